The maximum absolute atomic E-state index is 4.78. The second-order valence-electron chi connectivity index (χ2n) is 6.97. The quantitative estimate of drug-likeness (QED) is 0.335. The van der Waals surface area contributed by atoms with Crippen molar-refractivity contribution in [2.24, 2.45) is 0 Å². The first-order chi connectivity index (χ1) is 13.3. The van der Waals surface area contributed by atoms with Crippen molar-refractivity contribution in [1.29, 1.82) is 0 Å². The molecular formula is C25H19NS. The normalized spacial score (nSPS) is 11.3. The summed E-state index contributed by atoms with van der Waals surface area (Å²) in [5.74, 6) is 0. The van der Waals surface area contributed by atoms with E-state index in [0.717, 1.165) is 12.1 Å². The van der Waals surface area contributed by atoms with Gasteiger partial charge in [0.25, 0.3) is 0 Å². The molecule has 0 aliphatic rings. The summed E-state index contributed by atoms with van der Waals surface area (Å²) in [6, 6.07) is 28.1. The van der Waals surface area contributed by atoms with Crippen LogP contribution in [-0.4, -0.2) is 4.98 Å². The number of aromatic nitrogens is 1. The number of benzene rings is 3. The summed E-state index contributed by atoms with van der Waals surface area (Å²) in [6.45, 7) is 2.18. The van der Waals surface area contributed by atoms with Crippen molar-refractivity contribution in [2.75, 3.05) is 0 Å². The minimum absolute atomic E-state index is 0.925. The predicted molar refractivity (Wildman–Crippen MR) is 117 cm³/mol. The number of pyridine rings is 1. The molecule has 0 fully saturated rings. The number of rotatable bonds is 3. The molecule has 0 saturated heterocycles. The monoisotopic (exact) mass is 365 g/mol. The summed E-state index contributed by atoms with van der Waals surface area (Å²) in [6.07, 6.45) is 2.96. The first kappa shape index (κ1) is 16.2. The highest BCUT2D eigenvalue weighted by atomic mass is 32.1. The van der Waals surface area contributed by atoms with E-state index in [9.17, 15) is 0 Å². The Balaban J connectivity index is 1.54. The molecule has 130 valence electrons. The lowest BCUT2D eigenvalue weighted by atomic mass is 10.00. The molecule has 2 aromatic heterocycles. The molecule has 0 radical (unpaired) electrons. The van der Waals surface area contributed by atoms with Gasteiger partial charge in [0.1, 0.15) is 0 Å². The topological polar surface area (TPSA) is 12.9 Å². The van der Waals surface area contributed by atoms with Crippen LogP contribution in [0.4, 0.5) is 0 Å². The van der Waals surface area contributed by atoms with Crippen LogP contribution in [0.15, 0.2) is 85.1 Å². The summed E-state index contributed by atoms with van der Waals surface area (Å²) < 4.78 is 2.67. The van der Waals surface area contributed by atoms with E-state index in [2.05, 4.69) is 85.8 Å². The zero-order valence-corrected chi connectivity index (χ0v) is 16.0. The van der Waals surface area contributed by atoms with Crippen LogP contribution in [0.25, 0.3) is 31.4 Å². The van der Waals surface area contributed by atoms with Crippen molar-refractivity contribution in [2.45, 2.75) is 13.3 Å². The largest absolute Gasteiger partial charge is 0.256 e. The van der Waals surface area contributed by atoms with Gasteiger partial charge in [0.2, 0.25) is 0 Å². The van der Waals surface area contributed by atoms with Crippen molar-refractivity contribution in [1.82, 2.24) is 4.98 Å². The Morgan fingerprint density at radius 3 is 2.41 bits per heavy atom. The van der Waals surface area contributed by atoms with Gasteiger partial charge in [-0.05, 0) is 54.3 Å². The molecule has 0 spiro atoms. The molecule has 2 heterocycles. The number of nitrogens with zero attached hydrogens (tertiary/aromatic N) is 1. The highest BCUT2D eigenvalue weighted by Gasteiger charge is 2.09. The molecule has 0 atom stereocenters. The van der Waals surface area contributed by atoms with Crippen LogP contribution < -0.4 is 0 Å². The maximum Gasteiger partial charge on any atom is 0.0705 e. The molecule has 0 unspecified atom stereocenters. The first-order valence-electron chi connectivity index (χ1n) is 9.19. The maximum atomic E-state index is 4.78. The number of aryl methyl sites for hydroxylation is 1. The summed E-state index contributed by atoms with van der Waals surface area (Å²) in [7, 11) is 0. The lowest BCUT2D eigenvalue weighted by molar-refractivity contribution is 1.11. The molecule has 3 aromatic carbocycles. The van der Waals surface area contributed by atoms with E-state index in [1.807, 2.05) is 17.5 Å². The van der Waals surface area contributed by atoms with Gasteiger partial charge in [0.15, 0.2) is 0 Å². The summed E-state index contributed by atoms with van der Waals surface area (Å²) in [4.78, 5) is 4.78. The van der Waals surface area contributed by atoms with E-state index in [4.69, 9.17) is 4.98 Å². The first-order valence-corrected chi connectivity index (χ1v) is 10.0. The summed E-state index contributed by atoms with van der Waals surface area (Å²) in [5, 5.41) is 2.65. The molecular weight excluding hydrogens is 346 g/mol. The summed E-state index contributed by atoms with van der Waals surface area (Å²) >= 11 is 1.85. The van der Waals surface area contributed by atoms with Crippen molar-refractivity contribution >= 4 is 31.5 Å². The van der Waals surface area contributed by atoms with Gasteiger partial charge in [-0.2, -0.15) is 0 Å². The van der Waals surface area contributed by atoms with Crippen LogP contribution >= 0.6 is 11.3 Å². The van der Waals surface area contributed by atoms with Crippen molar-refractivity contribution in [3.05, 3.63) is 102 Å². The lowest BCUT2D eigenvalue weighted by Crippen LogP contribution is -1.95. The molecule has 0 N–H and O–H groups in total. The minimum Gasteiger partial charge on any atom is -0.256 e. The number of thiophene rings is 1. The van der Waals surface area contributed by atoms with Gasteiger partial charge in [0, 0.05) is 31.9 Å². The molecule has 27 heavy (non-hydrogen) atoms. The van der Waals surface area contributed by atoms with Gasteiger partial charge in [-0.25, -0.2) is 0 Å². The lowest BCUT2D eigenvalue weighted by Gasteiger charge is -2.09. The Kier molecular flexibility index (Phi) is 3.99. The van der Waals surface area contributed by atoms with Crippen LogP contribution in [0.1, 0.15) is 16.7 Å². The molecule has 0 aliphatic carbocycles. The third-order valence-electron chi connectivity index (χ3n) is 5.13. The molecule has 0 bridgehead atoms. The Hall–Kier alpha value is -2.97. The van der Waals surface area contributed by atoms with Crippen molar-refractivity contribution in [3.63, 3.8) is 0 Å². The Bertz CT molecular complexity index is 1250. The Morgan fingerprint density at radius 1 is 0.778 bits per heavy atom. The van der Waals surface area contributed by atoms with Gasteiger partial charge < -0.3 is 0 Å². The third-order valence-corrected chi connectivity index (χ3v) is 6.28. The predicted octanol–water partition coefficient (Wildman–Crippen LogP) is 7.02. The molecule has 2 heteroatoms. The van der Waals surface area contributed by atoms with Crippen LogP contribution in [0.2, 0.25) is 0 Å². The van der Waals surface area contributed by atoms with Crippen molar-refractivity contribution < 1.29 is 0 Å². The smallest absolute Gasteiger partial charge is 0.0705 e. The molecule has 5 aromatic rings. The molecule has 0 saturated carbocycles. The van der Waals surface area contributed by atoms with E-state index >= 15 is 0 Å². The highest BCUT2D eigenvalue weighted by molar-refractivity contribution is 7.25. The third kappa shape index (κ3) is 3.02. The van der Waals surface area contributed by atoms with Crippen LogP contribution in [0.3, 0.4) is 0 Å². The fourth-order valence-electron chi connectivity index (χ4n) is 3.63. The van der Waals surface area contributed by atoms with Crippen LogP contribution in [0.5, 0.6) is 0 Å². The van der Waals surface area contributed by atoms with E-state index in [1.54, 1.807) is 0 Å². The average molecular weight is 366 g/mol. The molecule has 0 amide bonds. The fourth-order valence-corrected chi connectivity index (χ4v) is 4.71. The van der Waals surface area contributed by atoms with E-state index in [0.29, 0.717) is 0 Å². The van der Waals surface area contributed by atoms with Gasteiger partial charge in [-0.15, -0.1) is 11.3 Å². The molecule has 1 nitrogen and oxygen atoms in total. The van der Waals surface area contributed by atoms with Crippen molar-refractivity contribution in [3.8, 4) is 11.3 Å². The highest BCUT2D eigenvalue weighted by Crippen LogP contribution is 2.36. The van der Waals surface area contributed by atoms with Gasteiger partial charge in [-0.3, -0.25) is 4.98 Å². The van der Waals surface area contributed by atoms with Gasteiger partial charge in [-0.1, -0.05) is 54.6 Å². The average Bonchev–Trinajstić information content (AvgIpc) is 3.08. The van der Waals surface area contributed by atoms with E-state index in [1.165, 1.54) is 42.4 Å². The zero-order chi connectivity index (χ0) is 18.2. The van der Waals surface area contributed by atoms with Crippen LogP contribution in [-0.2, 0) is 6.42 Å². The second kappa shape index (κ2) is 6.64. The Labute approximate surface area is 162 Å². The zero-order valence-electron chi connectivity index (χ0n) is 15.1. The van der Waals surface area contributed by atoms with E-state index < -0.39 is 0 Å². The molecule has 0 aliphatic heterocycles. The van der Waals surface area contributed by atoms with Gasteiger partial charge >= 0.3 is 0 Å². The number of fused-ring (bicyclic) bond motifs is 3. The summed E-state index contributed by atoms with van der Waals surface area (Å²) in [5.41, 5.74) is 6.12. The fraction of sp³-hybridized carbons (Fsp3) is 0.0800. The number of hydrogen-bond acceptors (Lipinski definition) is 2. The Morgan fingerprint density at radius 2 is 1.56 bits per heavy atom. The molecule has 5 rings (SSSR count). The number of hydrogen-bond donors (Lipinski definition) is 0. The minimum atomic E-state index is 0.925. The SMILES string of the molecule is Cc1cc(-c2ccc3sc4ccccc4c3c2)ncc1Cc1ccccc1. The second-order valence-corrected chi connectivity index (χ2v) is 8.05. The van der Waals surface area contributed by atoms with E-state index in [-0.39, 0.29) is 0 Å². The standard InChI is InChI=1S/C25H19NS/c1-17-13-23(26-16-20(17)14-18-7-3-2-4-8-18)19-11-12-25-22(15-19)21-9-5-6-10-24(21)27-25/h2-13,15-16H,14H2,1H3. The van der Waals surface area contributed by atoms with Gasteiger partial charge in [0.05, 0.1) is 5.69 Å². The van der Waals surface area contributed by atoms with Crippen LogP contribution in [0, 0.1) is 6.92 Å².